The van der Waals surface area contributed by atoms with Gasteiger partial charge in [0.25, 0.3) is 0 Å². The molecule has 0 radical (unpaired) electrons. The van der Waals surface area contributed by atoms with E-state index >= 15 is 0 Å². The summed E-state index contributed by atoms with van der Waals surface area (Å²) in [5.74, 6) is -2.80. The van der Waals surface area contributed by atoms with Crippen molar-refractivity contribution in [1.82, 2.24) is 0 Å². The van der Waals surface area contributed by atoms with Crippen molar-refractivity contribution >= 4 is 23.5 Å². The van der Waals surface area contributed by atoms with E-state index < -0.39 is 29.6 Å². The van der Waals surface area contributed by atoms with E-state index in [4.69, 9.17) is 5.11 Å². The van der Waals surface area contributed by atoms with E-state index in [1.165, 1.54) is 6.92 Å². The molecule has 7 heteroatoms. The molecule has 0 amide bonds. The van der Waals surface area contributed by atoms with Crippen molar-refractivity contribution in [3.05, 3.63) is 0 Å². The number of rotatable bonds is 10. The molecule has 0 saturated heterocycles. The molecule has 0 saturated carbocycles. The molecular weight excluding hydrogens is 256 g/mol. The van der Waals surface area contributed by atoms with Gasteiger partial charge >= 0.3 is 11.9 Å². The molecule has 2 N–H and O–H groups in total. The van der Waals surface area contributed by atoms with Crippen molar-refractivity contribution in [3.63, 3.8) is 0 Å². The van der Waals surface area contributed by atoms with Crippen LogP contribution in [0.4, 0.5) is 0 Å². The number of Topliss-reactive ketones (excluding diaryl/α,β-unsaturated/α-hetero) is 2. The molecule has 0 aliphatic heterocycles. The summed E-state index contributed by atoms with van der Waals surface area (Å²) in [5.41, 5.74) is 0. The zero-order valence-electron chi connectivity index (χ0n) is 10.8. The Balaban J connectivity index is 3.66. The lowest BCUT2D eigenvalue weighted by Crippen LogP contribution is -2.19. The topological polar surface area (TPSA) is 118 Å². The molecule has 1 atom stereocenters. The maximum atomic E-state index is 11.0. The molecule has 1 unspecified atom stereocenters. The summed E-state index contributed by atoms with van der Waals surface area (Å²) in [5, 5.41) is 17.8. The molecule has 0 aromatic carbocycles. The van der Waals surface area contributed by atoms with Crippen LogP contribution in [0, 0.1) is 0 Å². The van der Waals surface area contributed by atoms with Gasteiger partial charge in [0.05, 0.1) is 18.9 Å². The Morgan fingerprint density at radius 3 is 2.26 bits per heavy atom. The number of ketones is 2. The summed E-state index contributed by atoms with van der Waals surface area (Å²) < 4.78 is 4.66. The fourth-order valence-electron chi connectivity index (χ4n) is 1.23. The molecule has 7 nitrogen and oxygen atoms in total. The highest BCUT2D eigenvalue weighted by molar-refractivity contribution is 6.36. The average Bonchev–Trinajstić information content (AvgIpc) is 2.33. The SMILES string of the molecule is CC(=O)C(=O)CCCC(O)COC(=O)CCC(=O)O. The minimum Gasteiger partial charge on any atom is -0.481 e. The lowest BCUT2D eigenvalue weighted by Gasteiger charge is -2.10. The van der Waals surface area contributed by atoms with Gasteiger partial charge in [-0.2, -0.15) is 0 Å². The molecule has 0 aliphatic carbocycles. The fourth-order valence-corrected chi connectivity index (χ4v) is 1.23. The van der Waals surface area contributed by atoms with Gasteiger partial charge in [0.15, 0.2) is 11.6 Å². The first-order valence-electron chi connectivity index (χ1n) is 5.92. The van der Waals surface area contributed by atoms with Gasteiger partial charge in [-0.1, -0.05) is 0 Å². The molecule has 0 rings (SSSR count). The minimum absolute atomic E-state index is 0.0549. The second kappa shape index (κ2) is 9.21. The summed E-state index contributed by atoms with van der Waals surface area (Å²) in [6, 6.07) is 0. The first kappa shape index (κ1) is 17.2. The normalized spacial score (nSPS) is 11.7. The Morgan fingerprint density at radius 1 is 1.11 bits per heavy atom. The molecular formula is C12H18O7. The van der Waals surface area contributed by atoms with Crippen LogP contribution < -0.4 is 0 Å². The summed E-state index contributed by atoms with van der Waals surface area (Å²) >= 11 is 0. The number of esters is 1. The highest BCUT2D eigenvalue weighted by Crippen LogP contribution is 2.04. The summed E-state index contributed by atoms with van der Waals surface area (Å²) in [6.07, 6.45) is -0.877. The van der Waals surface area contributed by atoms with Crippen molar-refractivity contribution < 1.29 is 34.1 Å². The van der Waals surface area contributed by atoms with Crippen LogP contribution in [0.25, 0.3) is 0 Å². The zero-order chi connectivity index (χ0) is 14.8. The largest absolute Gasteiger partial charge is 0.481 e. The molecule has 0 fully saturated rings. The van der Waals surface area contributed by atoms with E-state index in [0.717, 1.165) is 0 Å². The number of aliphatic hydroxyl groups is 1. The minimum atomic E-state index is -1.10. The van der Waals surface area contributed by atoms with E-state index in [2.05, 4.69) is 4.74 Å². The Kier molecular flexibility index (Phi) is 8.35. The molecule has 0 aliphatic rings. The number of hydrogen-bond acceptors (Lipinski definition) is 6. The highest BCUT2D eigenvalue weighted by atomic mass is 16.5. The average molecular weight is 274 g/mol. The van der Waals surface area contributed by atoms with Crippen LogP contribution >= 0.6 is 0 Å². The van der Waals surface area contributed by atoms with Gasteiger partial charge in [-0.05, 0) is 12.8 Å². The van der Waals surface area contributed by atoms with E-state index in [0.29, 0.717) is 6.42 Å². The van der Waals surface area contributed by atoms with Crippen molar-refractivity contribution in [1.29, 1.82) is 0 Å². The van der Waals surface area contributed by atoms with Crippen LogP contribution in [-0.4, -0.2) is 46.4 Å². The molecule has 0 spiro atoms. The number of aliphatic carboxylic acids is 1. The second-order valence-electron chi connectivity index (χ2n) is 4.10. The maximum absolute atomic E-state index is 11.0. The maximum Gasteiger partial charge on any atom is 0.306 e. The van der Waals surface area contributed by atoms with Crippen LogP contribution in [0.2, 0.25) is 0 Å². The summed E-state index contributed by atoms with van der Waals surface area (Å²) in [4.78, 5) is 42.8. The van der Waals surface area contributed by atoms with Crippen LogP contribution in [-0.2, 0) is 23.9 Å². The fraction of sp³-hybridized carbons (Fsp3) is 0.667. The third kappa shape index (κ3) is 9.90. The lowest BCUT2D eigenvalue weighted by atomic mass is 10.1. The van der Waals surface area contributed by atoms with Gasteiger partial charge in [-0.25, -0.2) is 0 Å². The molecule has 108 valence electrons. The number of carboxylic acid groups (broad SMARTS) is 1. The number of carbonyl (C=O) groups is 4. The smallest absolute Gasteiger partial charge is 0.306 e. The highest BCUT2D eigenvalue weighted by Gasteiger charge is 2.12. The third-order valence-electron chi connectivity index (χ3n) is 2.31. The number of aliphatic hydroxyl groups excluding tert-OH is 1. The Labute approximate surface area is 110 Å². The first-order valence-corrected chi connectivity index (χ1v) is 5.92. The van der Waals surface area contributed by atoms with Gasteiger partial charge in [0.2, 0.25) is 0 Å². The molecule has 0 aromatic heterocycles. The van der Waals surface area contributed by atoms with Gasteiger partial charge in [0.1, 0.15) is 6.61 Å². The van der Waals surface area contributed by atoms with E-state index in [9.17, 15) is 24.3 Å². The van der Waals surface area contributed by atoms with Gasteiger partial charge in [0, 0.05) is 13.3 Å². The molecule has 0 bridgehead atoms. The number of hydrogen-bond donors (Lipinski definition) is 2. The summed E-state index contributed by atoms with van der Waals surface area (Å²) in [7, 11) is 0. The standard InChI is InChI=1S/C12H18O7/c1-8(13)10(15)4-2-3-9(14)7-19-12(18)6-5-11(16)17/h9,14H,2-7H2,1H3,(H,16,17). The molecule has 0 aromatic rings. The van der Waals surface area contributed by atoms with E-state index in [1.807, 2.05) is 0 Å². The monoisotopic (exact) mass is 274 g/mol. The zero-order valence-corrected chi connectivity index (χ0v) is 10.8. The van der Waals surface area contributed by atoms with Gasteiger partial charge in [-0.3, -0.25) is 19.2 Å². The quantitative estimate of drug-likeness (QED) is 0.428. The predicted molar refractivity (Wildman–Crippen MR) is 63.4 cm³/mol. The number of ether oxygens (including phenoxy) is 1. The van der Waals surface area contributed by atoms with Crippen LogP contribution in [0.15, 0.2) is 0 Å². The second-order valence-corrected chi connectivity index (χ2v) is 4.10. The predicted octanol–water partition coefficient (Wildman–Crippen LogP) is 0.0837. The van der Waals surface area contributed by atoms with Crippen molar-refractivity contribution in [2.45, 2.75) is 45.1 Å². The lowest BCUT2D eigenvalue weighted by molar-refractivity contribution is -0.150. The van der Waals surface area contributed by atoms with Crippen LogP contribution in [0.5, 0.6) is 0 Å². The van der Waals surface area contributed by atoms with Crippen LogP contribution in [0.3, 0.4) is 0 Å². The summed E-state index contributed by atoms with van der Waals surface area (Å²) in [6.45, 7) is 0.940. The Bertz CT molecular complexity index is 348. The van der Waals surface area contributed by atoms with E-state index in [-0.39, 0.29) is 32.3 Å². The van der Waals surface area contributed by atoms with Gasteiger partial charge in [-0.15, -0.1) is 0 Å². The van der Waals surface area contributed by atoms with E-state index in [1.54, 1.807) is 0 Å². The Hall–Kier alpha value is -1.76. The van der Waals surface area contributed by atoms with Crippen molar-refractivity contribution in [3.8, 4) is 0 Å². The third-order valence-corrected chi connectivity index (χ3v) is 2.31. The first-order chi connectivity index (χ1) is 8.82. The molecule has 0 heterocycles. The number of carbonyl (C=O) groups excluding carboxylic acids is 3. The van der Waals surface area contributed by atoms with Crippen molar-refractivity contribution in [2.75, 3.05) is 6.61 Å². The van der Waals surface area contributed by atoms with Gasteiger partial charge < -0.3 is 14.9 Å². The van der Waals surface area contributed by atoms with Crippen LogP contribution in [0.1, 0.15) is 39.0 Å². The van der Waals surface area contributed by atoms with Crippen molar-refractivity contribution in [2.24, 2.45) is 0 Å². The Morgan fingerprint density at radius 2 is 1.74 bits per heavy atom. The molecule has 19 heavy (non-hydrogen) atoms. The number of carboxylic acids is 1.